The minimum absolute atomic E-state index is 0.798. The molecule has 2 aromatic rings. The maximum Gasteiger partial charge on any atom is 0.315 e. The molecule has 0 atom stereocenters. The van der Waals surface area contributed by atoms with Crippen LogP contribution in [0.15, 0.2) is 28.7 Å². The lowest BCUT2D eigenvalue weighted by molar-refractivity contribution is -0.142. The van der Waals surface area contributed by atoms with Crippen LogP contribution in [0.5, 0.6) is 0 Å². The van der Waals surface area contributed by atoms with Gasteiger partial charge in [0.2, 0.25) is 0 Å². The van der Waals surface area contributed by atoms with E-state index in [1.807, 2.05) is 35.9 Å². The zero-order chi connectivity index (χ0) is 12.8. The van der Waals surface area contributed by atoms with E-state index in [0.717, 1.165) is 21.1 Å². The van der Waals surface area contributed by atoms with Crippen LogP contribution in [0.2, 0.25) is 0 Å². The highest BCUT2D eigenvalue weighted by Crippen LogP contribution is 2.32. The van der Waals surface area contributed by atoms with Gasteiger partial charge in [-0.25, -0.2) is 0 Å². The molecule has 2 rings (SSSR count). The van der Waals surface area contributed by atoms with Crippen molar-refractivity contribution in [1.29, 1.82) is 0 Å². The number of benzene rings is 1. The van der Waals surface area contributed by atoms with E-state index in [-0.39, 0.29) is 0 Å². The van der Waals surface area contributed by atoms with Crippen molar-refractivity contribution in [2.75, 3.05) is 0 Å². The van der Waals surface area contributed by atoms with Gasteiger partial charge < -0.3 is 9.67 Å². The molecule has 0 bridgehead atoms. The molecule has 0 saturated carbocycles. The number of carboxylic acid groups (broad SMARTS) is 1. The largest absolute Gasteiger partial charge is 0.481 e. The molecule has 0 fully saturated rings. The number of nitrogens with zero attached hydrogens (tertiary/aromatic N) is 1. The van der Waals surface area contributed by atoms with Crippen LogP contribution in [0, 0.1) is 0 Å². The van der Waals surface area contributed by atoms with Gasteiger partial charge in [-0.3, -0.25) is 4.79 Å². The predicted octanol–water partition coefficient (Wildman–Crippen LogP) is 3.30. The summed E-state index contributed by atoms with van der Waals surface area (Å²) in [6.07, 6.45) is 0. The fourth-order valence-electron chi connectivity index (χ4n) is 2.08. The smallest absolute Gasteiger partial charge is 0.315 e. The number of carboxylic acids is 1. The zero-order valence-electron chi connectivity index (χ0n) is 9.99. The first-order valence-electron chi connectivity index (χ1n) is 5.33. The molecule has 90 valence electrons. The number of aliphatic carboxylic acids is 1. The monoisotopic (exact) mass is 295 g/mol. The Bertz CT molecular complexity index is 599. The number of hydrogen-bond donors (Lipinski definition) is 1. The second kappa shape index (κ2) is 3.88. The molecule has 1 heterocycles. The van der Waals surface area contributed by atoms with Crippen molar-refractivity contribution in [2.45, 2.75) is 19.3 Å². The summed E-state index contributed by atoms with van der Waals surface area (Å²) in [4.78, 5) is 11.3. The van der Waals surface area contributed by atoms with Crippen molar-refractivity contribution in [3.05, 3.63) is 34.4 Å². The van der Waals surface area contributed by atoms with E-state index in [2.05, 4.69) is 15.9 Å². The summed E-state index contributed by atoms with van der Waals surface area (Å²) in [6, 6.07) is 7.83. The highest BCUT2D eigenvalue weighted by molar-refractivity contribution is 9.10. The van der Waals surface area contributed by atoms with E-state index in [0.29, 0.717) is 0 Å². The molecule has 0 aliphatic carbocycles. The van der Waals surface area contributed by atoms with Gasteiger partial charge in [0.25, 0.3) is 0 Å². The van der Waals surface area contributed by atoms with E-state index in [4.69, 9.17) is 0 Å². The Balaban J connectivity index is 2.77. The van der Waals surface area contributed by atoms with Gasteiger partial charge in [0, 0.05) is 22.6 Å². The van der Waals surface area contributed by atoms with Crippen LogP contribution >= 0.6 is 15.9 Å². The Hall–Kier alpha value is -1.29. The van der Waals surface area contributed by atoms with E-state index >= 15 is 0 Å². The van der Waals surface area contributed by atoms with E-state index in [9.17, 15) is 9.90 Å². The number of fused-ring (bicyclic) bond motifs is 1. The van der Waals surface area contributed by atoms with Crippen LogP contribution in [0.4, 0.5) is 0 Å². The Labute approximate surface area is 108 Å². The van der Waals surface area contributed by atoms with Gasteiger partial charge in [-0.05, 0) is 41.9 Å². The van der Waals surface area contributed by atoms with E-state index in [1.165, 1.54) is 0 Å². The number of aromatic nitrogens is 1. The first-order valence-corrected chi connectivity index (χ1v) is 6.13. The van der Waals surface area contributed by atoms with Gasteiger partial charge in [-0.1, -0.05) is 12.1 Å². The zero-order valence-corrected chi connectivity index (χ0v) is 11.6. The second-order valence-electron chi connectivity index (χ2n) is 4.70. The molecule has 0 spiro atoms. The lowest BCUT2D eigenvalue weighted by atomic mass is 9.89. The fourth-order valence-corrected chi connectivity index (χ4v) is 2.72. The first-order chi connectivity index (χ1) is 7.85. The van der Waals surface area contributed by atoms with E-state index in [1.54, 1.807) is 13.8 Å². The Morgan fingerprint density at radius 3 is 2.59 bits per heavy atom. The van der Waals surface area contributed by atoms with Crippen molar-refractivity contribution in [3.63, 3.8) is 0 Å². The number of para-hydroxylation sites is 1. The fraction of sp³-hybridized carbons (Fsp3) is 0.308. The van der Waals surface area contributed by atoms with Crippen molar-refractivity contribution >= 4 is 32.8 Å². The van der Waals surface area contributed by atoms with E-state index < -0.39 is 11.4 Å². The van der Waals surface area contributed by atoms with Crippen LogP contribution in [-0.2, 0) is 17.3 Å². The highest BCUT2D eigenvalue weighted by atomic mass is 79.9. The quantitative estimate of drug-likeness (QED) is 0.924. The standard InChI is InChI=1S/C13H14BrNO2/c1-13(2,12(16)17)10-7-8-5-4-6-9(14)11(8)15(10)3/h4-7H,1-3H3,(H,16,17). The SMILES string of the molecule is Cn1c(C(C)(C)C(=O)O)cc2cccc(Br)c21. The Kier molecular flexibility index (Phi) is 2.78. The third-order valence-corrected chi connectivity index (χ3v) is 3.82. The molecule has 1 aromatic carbocycles. The maximum atomic E-state index is 11.3. The first kappa shape index (κ1) is 12.2. The number of carbonyl (C=O) groups is 1. The number of hydrogen-bond acceptors (Lipinski definition) is 1. The summed E-state index contributed by atoms with van der Waals surface area (Å²) in [5.41, 5.74) is 0.927. The van der Waals surface area contributed by atoms with Gasteiger partial charge in [0.1, 0.15) is 5.41 Å². The minimum Gasteiger partial charge on any atom is -0.481 e. The highest BCUT2D eigenvalue weighted by Gasteiger charge is 2.32. The van der Waals surface area contributed by atoms with Crippen molar-refractivity contribution in [1.82, 2.24) is 4.57 Å². The summed E-state index contributed by atoms with van der Waals surface area (Å²) < 4.78 is 2.91. The molecular formula is C13H14BrNO2. The molecule has 0 unspecified atom stereocenters. The molecule has 0 aliphatic rings. The normalized spacial score (nSPS) is 12.0. The average Bonchev–Trinajstić information content (AvgIpc) is 2.57. The van der Waals surface area contributed by atoms with Gasteiger partial charge in [0.05, 0.1) is 5.52 Å². The van der Waals surface area contributed by atoms with Gasteiger partial charge >= 0.3 is 5.97 Å². The molecule has 1 aromatic heterocycles. The summed E-state index contributed by atoms with van der Waals surface area (Å²) in [6.45, 7) is 3.44. The Morgan fingerprint density at radius 2 is 2.06 bits per heavy atom. The molecule has 0 amide bonds. The van der Waals surface area contributed by atoms with Crippen molar-refractivity contribution in [3.8, 4) is 0 Å². The Morgan fingerprint density at radius 1 is 1.41 bits per heavy atom. The number of halogens is 1. The van der Waals surface area contributed by atoms with Crippen molar-refractivity contribution < 1.29 is 9.90 Å². The predicted molar refractivity (Wildman–Crippen MR) is 71.3 cm³/mol. The number of aryl methyl sites for hydroxylation is 1. The minimum atomic E-state index is -0.896. The third-order valence-electron chi connectivity index (χ3n) is 3.18. The summed E-state index contributed by atoms with van der Waals surface area (Å²) in [5, 5.41) is 10.3. The maximum absolute atomic E-state index is 11.3. The lowest BCUT2D eigenvalue weighted by Gasteiger charge is -2.20. The van der Waals surface area contributed by atoms with Gasteiger partial charge in [-0.15, -0.1) is 0 Å². The summed E-state index contributed by atoms with van der Waals surface area (Å²) in [5.74, 6) is -0.820. The van der Waals surface area contributed by atoms with Crippen LogP contribution in [0.25, 0.3) is 10.9 Å². The molecule has 3 nitrogen and oxygen atoms in total. The van der Waals surface area contributed by atoms with Crippen LogP contribution in [0.3, 0.4) is 0 Å². The molecule has 0 radical (unpaired) electrons. The summed E-state index contributed by atoms with van der Waals surface area (Å²) >= 11 is 3.50. The molecular weight excluding hydrogens is 282 g/mol. The average molecular weight is 296 g/mol. The van der Waals surface area contributed by atoms with Gasteiger partial charge in [-0.2, -0.15) is 0 Å². The van der Waals surface area contributed by atoms with Gasteiger partial charge in [0.15, 0.2) is 0 Å². The number of rotatable bonds is 2. The molecule has 1 N–H and O–H groups in total. The summed E-state index contributed by atoms with van der Waals surface area (Å²) in [7, 11) is 1.90. The molecule has 0 aliphatic heterocycles. The molecule has 17 heavy (non-hydrogen) atoms. The van der Waals surface area contributed by atoms with Crippen LogP contribution in [0.1, 0.15) is 19.5 Å². The third kappa shape index (κ3) is 1.76. The second-order valence-corrected chi connectivity index (χ2v) is 5.55. The van der Waals surface area contributed by atoms with Crippen LogP contribution in [-0.4, -0.2) is 15.6 Å². The molecule has 0 saturated heterocycles. The van der Waals surface area contributed by atoms with Crippen LogP contribution < -0.4 is 0 Å². The van der Waals surface area contributed by atoms with Crippen molar-refractivity contribution in [2.24, 2.45) is 7.05 Å². The molecule has 4 heteroatoms. The topological polar surface area (TPSA) is 42.2 Å². The lowest BCUT2D eigenvalue weighted by Crippen LogP contribution is -2.30.